The van der Waals surface area contributed by atoms with Crippen molar-refractivity contribution in [1.82, 2.24) is 0 Å². The third-order valence-electron chi connectivity index (χ3n) is 2.16. The quantitative estimate of drug-likeness (QED) is 0.360. The van der Waals surface area contributed by atoms with Gasteiger partial charge in [0.25, 0.3) is 0 Å². The molecule has 0 aromatic rings. The van der Waals surface area contributed by atoms with Crippen molar-refractivity contribution in [3.63, 3.8) is 0 Å². The molecular weight excluding hydrogens is 168 g/mol. The molecular formula is C7H9ClO3. The number of methoxy groups -OCH3 is 1. The van der Waals surface area contributed by atoms with Crippen LogP contribution in [0.25, 0.3) is 0 Å². The SMILES string of the molecule is COC(=O)C1(C(=O)Cl)CCC1. The van der Waals surface area contributed by atoms with Gasteiger partial charge in [-0.25, -0.2) is 0 Å². The Balaban J connectivity index is 2.75. The third kappa shape index (κ3) is 1.13. The monoisotopic (exact) mass is 176 g/mol. The average molecular weight is 177 g/mol. The van der Waals surface area contributed by atoms with Crippen LogP contribution in [0.15, 0.2) is 0 Å². The van der Waals surface area contributed by atoms with Crippen LogP contribution in [0.5, 0.6) is 0 Å². The Morgan fingerprint density at radius 2 is 2.00 bits per heavy atom. The lowest BCUT2D eigenvalue weighted by Gasteiger charge is -2.34. The summed E-state index contributed by atoms with van der Waals surface area (Å²) in [5.74, 6) is -0.497. The Bertz CT molecular complexity index is 196. The molecule has 62 valence electrons. The van der Waals surface area contributed by atoms with Crippen molar-refractivity contribution in [3.8, 4) is 0 Å². The standard InChI is InChI=1S/C7H9ClO3/c1-11-6(10)7(5(8)9)3-2-4-7/h2-4H2,1H3. The maximum Gasteiger partial charge on any atom is 0.320 e. The lowest BCUT2D eigenvalue weighted by atomic mass is 9.70. The van der Waals surface area contributed by atoms with E-state index in [1.807, 2.05) is 0 Å². The Labute approximate surface area is 69.7 Å². The van der Waals surface area contributed by atoms with Gasteiger partial charge in [-0.3, -0.25) is 9.59 Å². The van der Waals surface area contributed by atoms with E-state index < -0.39 is 16.6 Å². The highest BCUT2D eigenvalue weighted by atomic mass is 35.5. The molecule has 0 atom stereocenters. The van der Waals surface area contributed by atoms with Crippen LogP contribution in [0.1, 0.15) is 19.3 Å². The Morgan fingerprint density at radius 1 is 1.45 bits per heavy atom. The molecule has 11 heavy (non-hydrogen) atoms. The molecule has 0 saturated heterocycles. The first kappa shape index (κ1) is 8.53. The van der Waals surface area contributed by atoms with Crippen LogP contribution < -0.4 is 0 Å². The number of esters is 1. The molecule has 1 fully saturated rings. The number of hydrogen-bond acceptors (Lipinski definition) is 3. The molecule has 1 aliphatic rings. The van der Waals surface area contributed by atoms with Gasteiger partial charge in [0.1, 0.15) is 5.41 Å². The van der Waals surface area contributed by atoms with E-state index in [2.05, 4.69) is 4.74 Å². The van der Waals surface area contributed by atoms with Gasteiger partial charge in [0.2, 0.25) is 5.24 Å². The molecule has 0 aromatic heterocycles. The topological polar surface area (TPSA) is 43.4 Å². The molecule has 0 spiro atoms. The molecule has 0 unspecified atom stereocenters. The van der Waals surface area contributed by atoms with Gasteiger partial charge < -0.3 is 4.74 Å². The Hall–Kier alpha value is -0.570. The Morgan fingerprint density at radius 3 is 2.09 bits per heavy atom. The molecule has 0 amide bonds. The molecule has 1 saturated carbocycles. The Kier molecular flexibility index (Phi) is 2.18. The van der Waals surface area contributed by atoms with Crippen LogP contribution in [-0.2, 0) is 14.3 Å². The predicted octanol–water partition coefficient (Wildman–Crippen LogP) is 1.10. The van der Waals surface area contributed by atoms with E-state index in [0.29, 0.717) is 12.8 Å². The van der Waals surface area contributed by atoms with E-state index in [9.17, 15) is 9.59 Å². The zero-order chi connectivity index (χ0) is 8.48. The molecule has 0 aromatic carbocycles. The minimum Gasteiger partial charge on any atom is -0.468 e. The largest absolute Gasteiger partial charge is 0.468 e. The molecule has 0 radical (unpaired) electrons. The molecule has 0 heterocycles. The summed E-state index contributed by atoms with van der Waals surface area (Å²) in [6, 6.07) is 0. The maximum atomic E-state index is 11.0. The predicted molar refractivity (Wildman–Crippen MR) is 39.2 cm³/mol. The van der Waals surface area contributed by atoms with Gasteiger partial charge in [0.15, 0.2) is 0 Å². The van der Waals surface area contributed by atoms with Crippen LogP contribution in [-0.4, -0.2) is 18.3 Å². The van der Waals surface area contributed by atoms with Crippen LogP contribution in [0.4, 0.5) is 0 Å². The van der Waals surface area contributed by atoms with E-state index in [4.69, 9.17) is 11.6 Å². The smallest absolute Gasteiger partial charge is 0.320 e. The summed E-state index contributed by atoms with van der Waals surface area (Å²) in [7, 11) is 1.27. The van der Waals surface area contributed by atoms with Crippen LogP contribution in [0.2, 0.25) is 0 Å². The van der Waals surface area contributed by atoms with Crippen molar-refractivity contribution in [1.29, 1.82) is 0 Å². The second kappa shape index (κ2) is 2.81. The van der Waals surface area contributed by atoms with Crippen molar-refractivity contribution in [2.75, 3.05) is 7.11 Å². The number of rotatable bonds is 2. The number of hydrogen-bond donors (Lipinski definition) is 0. The van der Waals surface area contributed by atoms with Crippen molar-refractivity contribution >= 4 is 22.8 Å². The number of carbonyl (C=O) groups excluding carboxylic acids is 2. The van der Waals surface area contributed by atoms with Crippen molar-refractivity contribution in [3.05, 3.63) is 0 Å². The molecule has 1 rings (SSSR count). The first-order valence-corrected chi connectivity index (χ1v) is 3.79. The van der Waals surface area contributed by atoms with E-state index in [1.54, 1.807) is 0 Å². The van der Waals surface area contributed by atoms with Gasteiger partial charge in [-0.1, -0.05) is 6.42 Å². The average Bonchev–Trinajstić information content (AvgIpc) is 1.84. The van der Waals surface area contributed by atoms with Crippen molar-refractivity contribution in [2.24, 2.45) is 5.41 Å². The highest BCUT2D eigenvalue weighted by Crippen LogP contribution is 2.43. The van der Waals surface area contributed by atoms with Gasteiger partial charge in [0, 0.05) is 0 Å². The summed E-state index contributed by atoms with van der Waals surface area (Å²) >= 11 is 5.27. The van der Waals surface area contributed by atoms with Gasteiger partial charge in [-0.2, -0.15) is 0 Å². The molecule has 0 N–H and O–H groups in total. The van der Waals surface area contributed by atoms with Gasteiger partial charge in [-0.15, -0.1) is 0 Å². The second-order valence-corrected chi connectivity index (χ2v) is 3.04. The first-order chi connectivity index (χ1) is 5.13. The van der Waals surface area contributed by atoms with E-state index in [1.165, 1.54) is 7.11 Å². The van der Waals surface area contributed by atoms with Crippen molar-refractivity contribution in [2.45, 2.75) is 19.3 Å². The summed E-state index contributed by atoms with van der Waals surface area (Å²) in [6.07, 6.45) is 1.93. The van der Waals surface area contributed by atoms with Gasteiger partial charge >= 0.3 is 5.97 Å². The minimum absolute atomic E-state index is 0.497. The summed E-state index contributed by atoms with van der Waals surface area (Å²) in [6.45, 7) is 0. The lowest BCUT2D eigenvalue weighted by molar-refractivity contribution is -0.161. The maximum absolute atomic E-state index is 11.0. The van der Waals surface area contributed by atoms with Gasteiger partial charge in [0.05, 0.1) is 7.11 Å². The minimum atomic E-state index is -1.00. The molecule has 4 heteroatoms. The third-order valence-corrected chi connectivity index (χ3v) is 2.52. The fourth-order valence-electron chi connectivity index (χ4n) is 1.21. The lowest BCUT2D eigenvalue weighted by Crippen LogP contribution is -2.43. The van der Waals surface area contributed by atoms with E-state index in [-0.39, 0.29) is 0 Å². The van der Waals surface area contributed by atoms with Crippen LogP contribution in [0, 0.1) is 5.41 Å². The zero-order valence-electron chi connectivity index (χ0n) is 6.22. The normalized spacial score (nSPS) is 20.2. The molecule has 0 bridgehead atoms. The summed E-state index contributed by atoms with van der Waals surface area (Å²) in [4.78, 5) is 21.8. The summed E-state index contributed by atoms with van der Waals surface area (Å²) in [5, 5.41) is -0.587. The zero-order valence-corrected chi connectivity index (χ0v) is 6.98. The van der Waals surface area contributed by atoms with E-state index >= 15 is 0 Å². The van der Waals surface area contributed by atoms with Crippen LogP contribution in [0.3, 0.4) is 0 Å². The molecule has 0 aliphatic heterocycles. The number of halogens is 1. The highest BCUT2D eigenvalue weighted by molar-refractivity contribution is 6.66. The summed E-state index contributed by atoms with van der Waals surface area (Å²) in [5.41, 5.74) is -1.00. The summed E-state index contributed by atoms with van der Waals surface area (Å²) < 4.78 is 4.47. The second-order valence-electron chi connectivity index (χ2n) is 2.70. The fraction of sp³-hybridized carbons (Fsp3) is 0.714. The number of ether oxygens (including phenoxy) is 1. The highest BCUT2D eigenvalue weighted by Gasteiger charge is 2.51. The molecule has 1 aliphatic carbocycles. The van der Waals surface area contributed by atoms with E-state index in [0.717, 1.165) is 6.42 Å². The first-order valence-electron chi connectivity index (χ1n) is 3.42. The van der Waals surface area contributed by atoms with Crippen LogP contribution >= 0.6 is 11.6 Å². The van der Waals surface area contributed by atoms with Crippen molar-refractivity contribution < 1.29 is 14.3 Å². The molecule has 3 nitrogen and oxygen atoms in total. The van der Waals surface area contributed by atoms with Gasteiger partial charge in [-0.05, 0) is 24.4 Å². The number of carbonyl (C=O) groups is 2. The fourth-order valence-corrected chi connectivity index (χ4v) is 1.47.